The molecule has 0 aromatic rings. The predicted molar refractivity (Wildman–Crippen MR) is 60.6 cm³/mol. The van der Waals surface area contributed by atoms with Crippen molar-refractivity contribution in [3.8, 4) is 0 Å². The summed E-state index contributed by atoms with van der Waals surface area (Å²) in [5.74, 6) is 0.0648. The van der Waals surface area contributed by atoms with Crippen molar-refractivity contribution >= 4 is 5.91 Å². The zero-order chi connectivity index (χ0) is 11.4. The molecule has 5 heteroatoms. The van der Waals surface area contributed by atoms with Crippen molar-refractivity contribution < 1.29 is 4.79 Å². The van der Waals surface area contributed by atoms with Crippen molar-refractivity contribution in [2.24, 2.45) is 5.73 Å². The maximum atomic E-state index is 11.6. The van der Waals surface area contributed by atoms with Crippen LogP contribution in [0.25, 0.3) is 0 Å². The molecule has 1 aliphatic heterocycles. The van der Waals surface area contributed by atoms with Crippen molar-refractivity contribution in [1.82, 2.24) is 15.1 Å². The number of nitrogens with one attached hydrogen (secondary N) is 1. The van der Waals surface area contributed by atoms with Gasteiger partial charge in [0.1, 0.15) is 6.04 Å². The van der Waals surface area contributed by atoms with Crippen LogP contribution in [0, 0.1) is 0 Å². The van der Waals surface area contributed by atoms with Gasteiger partial charge in [0.2, 0.25) is 5.91 Å². The van der Waals surface area contributed by atoms with Crippen LogP contribution in [0.15, 0.2) is 0 Å². The number of nitrogens with two attached hydrogens (primary N) is 1. The molecule has 5 nitrogen and oxygen atoms in total. The van der Waals surface area contributed by atoms with Crippen LogP contribution >= 0.6 is 0 Å². The van der Waals surface area contributed by atoms with E-state index in [0.29, 0.717) is 6.54 Å². The third kappa shape index (κ3) is 3.44. The molecule has 2 atom stereocenters. The Labute approximate surface area is 91.6 Å². The first-order chi connectivity index (χ1) is 7.04. The van der Waals surface area contributed by atoms with E-state index in [9.17, 15) is 4.79 Å². The summed E-state index contributed by atoms with van der Waals surface area (Å²) in [6, 6.07) is 0.0728. The van der Waals surface area contributed by atoms with Crippen LogP contribution in [0.3, 0.4) is 0 Å². The average Bonchev–Trinajstić information content (AvgIpc) is 2.13. The summed E-state index contributed by atoms with van der Waals surface area (Å²) in [7, 11) is 4.07. The maximum absolute atomic E-state index is 11.6. The Balaban J connectivity index is 2.53. The highest BCUT2D eigenvalue weighted by atomic mass is 16.2. The van der Waals surface area contributed by atoms with Crippen molar-refractivity contribution in [2.45, 2.75) is 19.0 Å². The molecule has 0 saturated carbocycles. The second kappa shape index (κ2) is 5.44. The topological polar surface area (TPSA) is 61.6 Å². The molecule has 0 aromatic carbocycles. The summed E-state index contributed by atoms with van der Waals surface area (Å²) in [5, 5.41) is 2.92. The highest BCUT2D eigenvalue weighted by Gasteiger charge is 2.31. The minimum absolute atomic E-state index is 0.0648. The summed E-state index contributed by atoms with van der Waals surface area (Å²) < 4.78 is 0. The molecule has 0 aromatic heterocycles. The van der Waals surface area contributed by atoms with Gasteiger partial charge in [-0.3, -0.25) is 9.69 Å². The van der Waals surface area contributed by atoms with Gasteiger partial charge in [0.25, 0.3) is 0 Å². The Kier molecular flexibility index (Phi) is 4.50. The van der Waals surface area contributed by atoms with Crippen LogP contribution in [0.5, 0.6) is 0 Å². The molecular formula is C10H22N4O. The van der Waals surface area contributed by atoms with E-state index < -0.39 is 0 Å². The average molecular weight is 214 g/mol. The van der Waals surface area contributed by atoms with Crippen molar-refractivity contribution in [3.63, 3.8) is 0 Å². The number of nitrogens with zero attached hydrogens (tertiary/aromatic N) is 2. The lowest BCUT2D eigenvalue weighted by Gasteiger charge is -2.38. The van der Waals surface area contributed by atoms with E-state index in [4.69, 9.17) is 5.73 Å². The van der Waals surface area contributed by atoms with Gasteiger partial charge >= 0.3 is 0 Å². The Bertz CT molecular complexity index is 219. The number of carbonyl (C=O) groups excluding carboxylic acids is 1. The van der Waals surface area contributed by atoms with Crippen LogP contribution in [0.4, 0.5) is 0 Å². The molecule has 1 rings (SSSR count). The van der Waals surface area contributed by atoms with Crippen LogP contribution in [-0.2, 0) is 4.79 Å². The summed E-state index contributed by atoms with van der Waals surface area (Å²) in [4.78, 5) is 15.9. The van der Waals surface area contributed by atoms with E-state index in [0.717, 1.165) is 19.6 Å². The molecule has 0 spiro atoms. The molecule has 1 aliphatic rings. The second-order valence-electron chi connectivity index (χ2n) is 4.46. The first-order valence-corrected chi connectivity index (χ1v) is 5.43. The SMILES string of the molecule is CC1CN(CCN(C)C)C(CN)C(=O)N1. The van der Waals surface area contributed by atoms with Crippen molar-refractivity contribution in [2.75, 3.05) is 40.3 Å². The Morgan fingerprint density at radius 3 is 2.80 bits per heavy atom. The van der Waals surface area contributed by atoms with Crippen molar-refractivity contribution in [1.29, 1.82) is 0 Å². The van der Waals surface area contributed by atoms with Gasteiger partial charge in [-0.15, -0.1) is 0 Å². The summed E-state index contributed by atoms with van der Waals surface area (Å²) in [6.45, 7) is 5.16. The lowest BCUT2D eigenvalue weighted by molar-refractivity contribution is -0.130. The molecule has 1 fully saturated rings. The number of likely N-dealkylation sites (N-methyl/N-ethyl adjacent to an activating group) is 1. The quantitative estimate of drug-likeness (QED) is 0.610. The molecular weight excluding hydrogens is 192 g/mol. The van der Waals surface area contributed by atoms with E-state index in [1.165, 1.54) is 0 Å². The molecule has 88 valence electrons. The third-order valence-electron chi connectivity index (χ3n) is 2.70. The lowest BCUT2D eigenvalue weighted by atomic mass is 10.1. The van der Waals surface area contributed by atoms with Crippen LogP contribution in [-0.4, -0.2) is 68.1 Å². The van der Waals surface area contributed by atoms with E-state index >= 15 is 0 Å². The van der Waals surface area contributed by atoms with Crippen LogP contribution in [0.2, 0.25) is 0 Å². The fraction of sp³-hybridized carbons (Fsp3) is 0.900. The molecule has 0 bridgehead atoms. The first kappa shape index (κ1) is 12.4. The highest BCUT2D eigenvalue weighted by Crippen LogP contribution is 2.06. The standard InChI is InChI=1S/C10H22N4O/c1-8-7-14(5-4-13(2)3)9(6-11)10(15)12-8/h8-9H,4-7,11H2,1-3H3,(H,12,15). The maximum Gasteiger partial charge on any atom is 0.238 e. The molecule has 0 aliphatic carbocycles. The lowest BCUT2D eigenvalue weighted by Crippen LogP contribution is -2.62. The third-order valence-corrected chi connectivity index (χ3v) is 2.70. The number of amides is 1. The fourth-order valence-corrected chi connectivity index (χ4v) is 1.86. The molecule has 1 amide bonds. The normalized spacial score (nSPS) is 28.2. The van der Waals surface area contributed by atoms with Crippen LogP contribution < -0.4 is 11.1 Å². The smallest absolute Gasteiger partial charge is 0.238 e. The number of hydrogen-bond donors (Lipinski definition) is 2. The molecule has 2 unspecified atom stereocenters. The van der Waals surface area contributed by atoms with Gasteiger partial charge in [0, 0.05) is 32.2 Å². The number of hydrogen-bond acceptors (Lipinski definition) is 4. The van der Waals surface area contributed by atoms with Crippen LogP contribution in [0.1, 0.15) is 6.92 Å². The molecule has 15 heavy (non-hydrogen) atoms. The van der Waals surface area contributed by atoms with Gasteiger partial charge in [-0.25, -0.2) is 0 Å². The number of rotatable bonds is 4. The van der Waals surface area contributed by atoms with E-state index in [2.05, 4.69) is 15.1 Å². The Morgan fingerprint density at radius 2 is 2.27 bits per heavy atom. The molecule has 3 N–H and O–H groups in total. The second-order valence-corrected chi connectivity index (χ2v) is 4.46. The Morgan fingerprint density at radius 1 is 1.60 bits per heavy atom. The van der Waals surface area contributed by atoms with Gasteiger partial charge < -0.3 is 16.0 Å². The zero-order valence-electron chi connectivity index (χ0n) is 9.86. The van der Waals surface area contributed by atoms with Crippen molar-refractivity contribution in [3.05, 3.63) is 0 Å². The highest BCUT2D eigenvalue weighted by molar-refractivity contribution is 5.83. The molecule has 1 heterocycles. The van der Waals surface area contributed by atoms with Gasteiger partial charge in [0.05, 0.1) is 0 Å². The van der Waals surface area contributed by atoms with E-state index in [-0.39, 0.29) is 18.0 Å². The Hall–Kier alpha value is -0.650. The van der Waals surface area contributed by atoms with Gasteiger partial charge in [0.15, 0.2) is 0 Å². The predicted octanol–water partition coefficient (Wildman–Crippen LogP) is -1.30. The monoisotopic (exact) mass is 214 g/mol. The first-order valence-electron chi connectivity index (χ1n) is 5.43. The summed E-state index contributed by atoms with van der Waals surface area (Å²) in [6.07, 6.45) is 0. The van der Waals surface area contributed by atoms with Gasteiger partial charge in [-0.1, -0.05) is 0 Å². The van der Waals surface area contributed by atoms with Gasteiger partial charge in [-0.05, 0) is 21.0 Å². The minimum Gasteiger partial charge on any atom is -0.351 e. The number of piperazine rings is 1. The number of carbonyl (C=O) groups is 1. The summed E-state index contributed by atoms with van der Waals surface area (Å²) in [5.41, 5.74) is 5.62. The summed E-state index contributed by atoms with van der Waals surface area (Å²) >= 11 is 0. The van der Waals surface area contributed by atoms with E-state index in [1.807, 2.05) is 21.0 Å². The zero-order valence-corrected chi connectivity index (χ0v) is 9.86. The largest absolute Gasteiger partial charge is 0.351 e. The minimum atomic E-state index is -0.152. The van der Waals surface area contributed by atoms with E-state index in [1.54, 1.807) is 0 Å². The molecule has 0 radical (unpaired) electrons. The van der Waals surface area contributed by atoms with Gasteiger partial charge in [-0.2, -0.15) is 0 Å². The fourth-order valence-electron chi connectivity index (χ4n) is 1.86. The molecule has 1 saturated heterocycles.